The van der Waals surface area contributed by atoms with Gasteiger partial charge in [0, 0.05) is 6.42 Å². The predicted molar refractivity (Wildman–Crippen MR) is 81.8 cm³/mol. The summed E-state index contributed by atoms with van der Waals surface area (Å²) >= 11 is 0. The van der Waals surface area contributed by atoms with Crippen LogP contribution in [0.2, 0.25) is 0 Å². The molecule has 1 spiro atoms. The molecule has 0 radical (unpaired) electrons. The fourth-order valence-electron chi connectivity index (χ4n) is 4.87. The van der Waals surface area contributed by atoms with Gasteiger partial charge in [-0.25, -0.2) is 0 Å². The van der Waals surface area contributed by atoms with E-state index >= 15 is 0 Å². The molecule has 0 aromatic carbocycles. The van der Waals surface area contributed by atoms with Gasteiger partial charge in [0.05, 0.1) is 12.2 Å². The lowest BCUT2D eigenvalue weighted by atomic mass is 9.64. The average Bonchev–Trinajstić information content (AvgIpc) is 2.91. The molecule has 3 aliphatic rings. The van der Waals surface area contributed by atoms with E-state index in [-0.39, 0.29) is 11.0 Å². The highest BCUT2D eigenvalue weighted by Crippen LogP contribution is 2.58. The quantitative estimate of drug-likeness (QED) is 0.736. The molecule has 4 atom stereocenters. The molecule has 2 fully saturated rings. The molecule has 0 aromatic heterocycles. The Labute approximate surface area is 128 Å². The van der Waals surface area contributed by atoms with E-state index < -0.39 is 5.79 Å². The van der Waals surface area contributed by atoms with Crippen LogP contribution in [0.1, 0.15) is 60.3 Å². The SMILES string of the molecule is CC1=CC(=O)C[C@@H](C)[C@@]12CC[C@@H]([C@]1(C)COC(C)(C)O1)C2. The Kier molecular flexibility index (Phi) is 3.38. The summed E-state index contributed by atoms with van der Waals surface area (Å²) in [5.41, 5.74) is 1.31. The van der Waals surface area contributed by atoms with E-state index in [1.807, 2.05) is 19.9 Å². The van der Waals surface area contributed by atoms with Gasteiger partial charge in [-0.15, -0.1) is 0 Å². The summed E-state index contributed by atoms with van der Waals surface area (Å²) in [5.74, 6) is 0.780. The highest BCUT2D eigenvalue weighted by atomic mass is 16.8. The summed E-state index contributed by atoms with van der Waals surface area (Å²) in [5, 5.41) is 0. The number of allylic oxidation sites excluding steroid dienone is 2. The molecule has 1 heterocycles. The van der Waals surface area contributed by atoms with Crippen molar-refractivity contribution in [1.29, 1.82) is 0 Å². The minimum Gasteiger partial charge on any atom is -0.348 e. The van der Waals surface area contributed by atoms with Gasteiger partial charge in [-0.3, -0.25) is 4.79 Å². The second-order valence-electron chi connectivity index (χ2n) is 8.10. The minimum atomic E-state index is -0.469. The highest BCUT2D eigenvalue weighted by molar-refractivity contribution is 5.91. The van der Waals surface area contributed by atoms with Crippen LogP contribution in [-0.2, 0) is 14.3 Å². The summed E-state index contributed by atoms with van der Waals surface area (Å²) in [7, 11) is 0. The van der Waals surface area contributed by atoms with Crippen LogP contribution in [0.15, 0.2) is 11.6 Å². The number of carbonyl (C=O) groups is 1. The van der Waals surface area contributed by atoms with Crippen LogP contribution in [0.4, 0.5) is 0 Å². The van der Waals surface area contributed by atoms with Crippen LogP contribution >= 0.6 is 0 Å². The smallest absolute Gasteiger partial charge is 0.163 e. The molecule has 118 valence electrons. The van der Waals surface area contributed by atoms with Crippen molar-refractivity contribution >= 4 is 5.78 Å². The third-order valence-electron chi connectivity index (χ3n) is 6.21. The Bertz CT molecular complexity index is 493. The number of hydrogen-bond donors (Lipinski definition) is 0. The Morgan fingerprint density at radius 1 is 1.29 bits per heavy atom. The first-order valence-electron chi connectivity index (χ1n) is 8.23. The minimum absolute atomic E-state index is 0.186. The average molecular weight is 292 g/mol. The predicted octanol–water partition coefficient (Wildman–Crippen LogP) is 3.87. The van der Waals surface area contributed by atoms with Gasteiger partial charge in [0.25, 0.3) is 0 Å². The highest BCUT2D eigenvalue weighted by Gasteiger charge is 2.55. The third-order valence-corrected chi connectivity index (χ3v) is 6.21. The molecule has 3 nitrogen and oxygen atoms in total. The van der Waals surface area contributed by atoms with Crippen molar-refractivity contribution in [3.63, 3.8) is 0 Å². The third kappa shape index (κ3) is 2.39. The molecule has 1 aliphatic heterocycles. The molecular formula is C18H28O3. The van der Waals surface area contributed by atoms with Gasteiger partial charge >= 0.3 is 0 Å². The lowest BCUT2D eigenvalue weighted by Gasteiger charge is -2.41. The maximum atomic E-state index is 11.8. The Balaban J connectivity index is 1.82. The lowest BCUT2D eigenvalue weighted by Crippen LogP contribution is -2.40. The Hall–Kier alpha value is -0.670. The van der Waals surface area contributed by atoms with Crippen LogP contribution in [-0.4, -0.2) is 23.8 Å². The van der Waals surface area contributed by atoms with Gasteiger partial charge in [-0.2, -0.15) is 0 Å². The number of ether oxygens (including phenoxy) is 2. The first-order valence-corrected chi connectivity index (χ1v) is 8.23. The number of ketones is 1. The summed E-state index contributed by atoms with van der Waals surface area (Å²) in [6, 6.07) is 0. The zero-order valence-corrected chi connectivity index (χ0v) is 14.0. The van der Waals surface area contributed by atoms with Gasteiger partial charge in [0.15, 0.2) is 11.6 Å². The maximum absolute atomic E-state index is 11.8. The van der Waals surface area contributed by atoms with Gasteiger partial charge in [0.1, 0.15) is 0 Å². The van der Waals surface area contributed by atoms with Crippen LogP contribution in [0, 0.1) is 17.3 Å². The molecule has 3 heteroatoms. The van der Waals surface area contributed by atoms with E-state index in [4.69, 9.17) is 9.47 Å². The van der Waals surface area contributed by atoms with Crippen molar-refractivity contribution in [3.05, 3.63) is 11.6 Å². The Morgan fingerprint density at radius 2 is 2.00 bits per heavy atom. The fourth-order valence-corrected chi connectivity index (χ4v) is 4.87. The van der Waals surface area contributed by atoms with Crippen LogP contribution in [0.3, 0.4) is 0 Å². The molecule has 0 bridgehead atoms. The Morgan fingerprint density at radius 3 is 2.57 bits per heavy atom. The molecule has 0 amide bonds. The molecule has 21 heavy (non-hydrogen) atoms. The van der Waals surface area contributed by atoms with Crippen molar-refractivity contribution in [2.24, 2.45) is 17.3 Å². The van der Waals surface area contributed by atoms with Crippen LogP contribution < -0.4 is 0 Å². The van der Waals surface area contributed by atoms with Gasteiger partial charge in [-0.1, -0.05) is 12.5 Å². The molecule has 1 saturated carbocycles. The second kappa shape index (κ2) is 4.66. The monoisotopic (exact) mass is 292 g/mol. The molecule has 2 aliphatic carbocycles. The zero-order chi connectivity index (χ0) is 15.5. The van der Waals surface area contributed by atoms with Crippen molar-refractivity contribution in [1.82, 2.24) is 0 Å². The van der Waals surface area contributed by atoms with E-state index in [1.165, 1.54) is 18.4 Å². The number of hydrogen-bond acceptors (Lipinski definition) is 3. The first-order chi connectivity index (χ1) is 9.67. The van der Waals surface area contributed by atoms with Crippen molar-refractivity contribution in [2.75, 3.05) is 6.61 Å². The van der Waals surface area contributed by atoms with Gasteiger partial charge in [-0.05, 0) is 70.3 Å². The fraction of sp³-hybridized carbons (Fsp3) is 0.833. The van der Waals surface area contributed by atoms with Crippen molar-refractivity contribution < 1.29 is 14.3 Å². The second-order valence-corrected chi connectivity index (χ2v) is 8.10. The summed E-state index contributed by atoms with van der Waals surface area (Å²) in [6.45, 7) is 11.3. The van der Waals surface area contributed by atoms with Crippen LogP contribution in [0.25, 0.3) is 0 Å². The molecule has 0 unspecified atom stereocenters. The van der Waals surface area contributed by atoms with Gasteiger partial charge < -0.3 is 9.47 Å². The van der Waals surface area contributed by atoms with E-state index in [0.29, 0.717) is 30.6 Å². The summed E-state index contributed by atoms with van der Waals surface area (Å²) in [6.07, 6.45) is 6.05. The summed E-state index contributed by atoms with van der Waals surface area (Å²) < 4.78 is 12.1. The summed E-state index contributed by atoms with van der Waals surface area (Å²) in [4.78, 5) is 11.8. The number of rotatable bonds is 1. The van der Waals surface area contributed by atoms with E-state index in [0.717, 1.165) is 6.42 Å². The lowest BCUT2D eigenvalue weighted by molar-refractivity contribution is -0.168. The maximum Gasteiger partial charge on any atom is 0.163 e. The molecule has 1 saturated heterocycles. The normalized spacial score (nSPS) is 46.1. The molecule has 3 rings (SSSR count). The molecule has 0 N–H and O–H groups in total. The number of carbonyl (C=O) groups excluding carboxylic acids is 1. The van der Waals surface area contributed by atoms with Crippen LogP contribution in [0.5, 0.6) is 0 Å². The largest absolute Gasteiger partial charge is 0.348 e. The molecular weight excluding hydrogens is 264 g/mol. The van der Waals surface area contributed by atoms with Gasteiger partial charge in [0.2, 0.25) is 0 Å². The van der Waals surface area contributed by atoms with E-state index in [2.05, 4.69) is 20.8 Å². The van der Waals surface area contributed by atoms with Crippen molar-refractivity contribution in [2.45, 2.75) is 71.7 Å². The van der Waals surface area contributed by atoms with Crippen molar-refractivity contribution in [3.8, 4) is 0 Å². The topological polar surface area (TPSA) is 35.5 Å². The zero-order valence-electron chi connectivity index (χ0n) is 14.0. The van der Waals surface area contributed by atoms with E-state index in [9.17, 15) is 4.79 Å². The first kappa shape index (κ1) is 15.2. The van der Waals surface area contributed by atoms with E-state index in [1.54, 1.807) is 0 Å². The standard InChI is InChI=1S/C18H28O3/c1-12-8-15(19)9-13(2)18(12)7-6-14(10-18)17(5)11-20-16(3,4)21-17/h8,13-14H,6-7,9-11H2,1-5H3/t13-,14-,17+,18-/m1/s1. The molecule has 0 aromatic rings.